The molecule has 0 unspecified atom stereocenters. The van der Waals surface area contributed by atoms with E-state index in [4.69, 9.17) is 0 Å². The van der Waals surface area contributed by atoms with E-state index in [2.05, 4.69) is 15.1 Å². The lowest BCUT2D eigenvalue weighted by Crippen LogP contribution is -1.97. The molecular weight excluding hydrogens is 234 g/mol. The fourth-order valence-corrected chi connectivity index (χ4v) is 1.72. The van der Waals surface area contributed by atoms with Gasteiger partial charge in [-0.25, -0.2) is 9.50 Å². The summed E-state index contributed by atoms with van der Waals surface area (Å²) < 4.78 is 1.42. The summed E-state index contributed by atoms with van der Waals surface area (Å²) in [5, 5.41) is 14.8. The van der Waals surface area contributed by atoms with Crippen LogP contribution < -0.4 is 0 Å². The Morgan fingerprint density at radius 1 is 1.17 bits per heavy atom. The molecule has 88 valence electrons. The number of fused-ring (bicyclic) bond motifs is 1. The van der Waals surface area contributed by atoms with Gasteiger partial charge in [0.15, 0.2) is 0 Å². The molecule has 0 aliphatic heterocycles. The molecule has 3 aromatic rings. The molecule has 7 heteroatoms. The average molecular weight is 241 g/mol. The van der Waals surface area contributed by atoms with Crippen LogP contribution in [0.2, 0.25) is 0 Å². The van der Waals surface area contributed by atoms with E-state index in [9.17, 15) is 10.1 Å². The number of hydrogen-bond acceptors (Lipinski definition) is 5. The number of rotatable bonds is 2. The molecule has 18 heavy (non-hydrogen) atoms. The minimum absolute atomic E-state index is 0.118. The molecule has 0 bridgehead atoms. The maximum atomic E-state index is 10.8. The third-order valence-electron chi connectivity index (χ3n) is 2.51. The minimum Gasteiger partial charge on any atom is -0.258 e. The zero-order chi connectivity index (χ0) is 12.5. The average Bonchev–Trinajstić information content (AvgIpc) is 2.83. The third kappa shape index (κ3) is 1.49. The molecule has 0 N–H and O–H groups in total. The first kappa shape index (κ1) is 10.3. The molecule has 0 spiro atoms. The fourth-order valence-electron chi connectivity index (χ4n) is 1.72. The van der Waals surface area contributed by atoms with Crippen LogP contribution in [-0.4, -0.2) is 24.5 Å². The van der Waals surface area contributed by atoms with Gasteiger partial charge in [-0.2, -0.15) is 5.10 Å². The summed E-state index contributed by atoms with van der Waals surface area (Å²) >= 11 is 0. The van der Waals surface area contributed by atoms with Gasteiger partial charge >= 0.3 is 5.69 Å². The van der Waals surface area contributed by atoms with Gasteiger partial charge in [0.2, 0.25) is 5.65 Å². The molecule has 0 fully saturated rings. The van der Waals surface area contributed by atoms with Gasteiger partial charge in [0.25, 0.3) is 0 Å². The van der Waals surface area contributed by atoms with Gasteiger partial charge in [0.1, 0.15) is 6.20 Å². The molecule has 0 aliphatic carbocycles. The number of pyridine rings is 1. The Morgan fingerprint density at radius 3 is 2.78 bits per heavy atom. The summed E-state index contributed by atoms with van der Waals surface area (Å²) in [6.07, 6.45) is 4.35. The van der Waals surface area contributed by atoms with Crippen molar-refractivity contribution in [3.05, 3.63) is 53.0 Å². The van der Waals surface area contributed by atoms with Crippen LogP contribution in [0.15, 0.2) is 42.9 Å². The zero-order valence-electron chi connectivity index (χ0n) is 9.09. The fraction of sp³-hybridized carbons (Fsp3) is 0. The number of nitro groups is 1. The van der Waals surface area contributed by atoms with Crippen LogP contribution in [0.1, 0.15) is 0 Å². The first-order chi connectivity index (χ1) is 8.77. The Bertz CT molecular complexity index is 723. The Labute approximate surface area is 101 Å². The quantitative estimate of drug-likeness (QED) is 0.503. The van der Waals surface area contributed by atoms with Crippen molar-refractivity contribution in [3.63, 3.8) is 0 Å². The first-order valence-corrected chi connectivity index (χ1v) is 5.16. The predicted molar refractivity (Wildman–Crippen MR) is 62.9 cm³/mol. The van der Waals surface area contributed by atoms with Gasteiger partial charge in [0.05, 0.1) is 16.3 Å². The van der Waals surface area contributed by atoms with E-state index in [-0.39, 0.29) is 11.3 Å². The summed E-state index contributed by atoms with van der Waals surface area (Å²) in [7, 11) is 0. The molecule has 7 nitrogen and oxygen atoms in total. The monoisotopic (exact) mass is 241 g/mol. The van der Waals surface area contributed by atoms with Crippen LogP contribution in [0.25, 0.3) is 17.0 Å². The standard InChI is InChI=1S/C11H7N5O2/c17-16(18)10-7-14-15-9(4-6-13-11(10)15)8-3-1-2-5-12-8/h1-7H. The Morgan fingerprint density at radius 2 is 2.06 bits per heavy atom. The molecular formula is C11H7N5O2. The van der Waals surface area contributed by atoms with Crippen molar-refractivity contribution in [1.82, 2.24) is 19.6 Å². The van der Waals surface area contributed by atoms with Crippen molar-refractivity contribution in [2.24, 2.45) is 0 Å². The second-order valence-electron chi connectivity index (χ2n) is 3.57. The number of nitrogens with zero attached hydrogens (tertiary/aromatic N) is 5. The lowest BCUT2D eigenvalue weighted by atomic mass is 10.2. The smallest absolute Gasteiger partial charge is 0.258 e. The molecule has 0 saturated heterocycles. The summed E-state index contributed by atoms with van der Waals surface area (Å²) in [5.41, 5.74) is 1.44. The normalized spacial score (nSPS) is 10.7. The van der Waals surface area contributed by atoms with Crippen molar-refractivity contribution >= 4 is 11.3 Å². The molecule has 0 saturated carbocycles. The number of hydrogen-bond donors (Lipinski definition) is 0. The molecule has 3 rings (SSSR count). The first-order valence-electron chi connectivity index (χ1n) is 5.16. The molecule has 0 atom stereocenters. The van der Waals surface area contributed by atoms with E-state index in [1.54, 1.807) is 18.3 Å². The number of aromatic nitrogens is 4. The molecule has 0 radical (unpaired) electrons. The maximum Gasteiger partial charge on any atom is 0.333 e. The highest BCUT2D eigenvalue weighted by Gasteiger charge is 2.18. The van der Waals surface area contributed by atoms with E-state index in [1.807, 2.05) is 12.1 Å². The highest BCUT2D eigenvalue weighted by Crippen LogP contribution is 2.22. The summed E-state index contributed by atoms with van der Waals surface area (Å²) in [6.45, 7) is 0. The predicted octanol–water partition coefficient (Wildman–Crippen LogP) is 1.70. The SMILES string of the molecule is O=[N+]([O-])c1cnn2c(-c3ccccn3)ccnc12. The molecule has 3 aromatic heterocycles. The molecule has 0 aliphatic rings. The Kier molecular flexibility index (Phi) is 2.23. The van der Waals surface area contributed by atoms with E-state index < -0.39 is 4.92 Å². The van der Waals surface area contributed by atoms with Crippen molar-refractivity contribution in [2.75, 3.05) is 0 Å². The van der Waals surface area contributed by atoms with E-state index in [1.165, 1.54) is 16.9 Å². The van der Waals surface area contributed by atoms with E-state index in [0.29, 0.717) is 11.4 Å². The van der Waals surface area contributed by atoms with E-state index in [0.717, 1.165) is 0 Å². The highest BCUT2D eigenvalue weighted by atomic mass is 16.6. The molecule has 3 heterocycles. The molecule has 0 amide bonds. The lowest BCUT2D eigenvalue weighted by molar-refractivity contribution is -0.383. The van der Waals surface area contributed by atoms with Crippen LogP contribution in [0.5, 0.6) is 0 Å². The van der Waals surface area contributed by atoms with Crippen molar-refractivity contribution < 1.29 is 4.92 Å². The Balaban J connectivity index is 2.29. The highest BCUT2D eigenvalue weighted by molar-refractivity contribution is 5.64. The van der Waals surface area contributed by atoms with Gasteiger partial charge in [-0.1, -0.05) is 6.07 Å². The van der Waals surface area contributed by atoms with Crippen LogP contribution in [0, 0.1) is 10.1 Å². The third-order valence-corrected chi connectivity index (χ3v) is 2.51. The van der Waals surface area contributed by atoms with E-state index >= 15 is 0 Å². The van der Waals surface area contributed by atoms with Gasteiger partial charge in [-0.3, -0.25) is 15.1 Å². The van der Waals surface area contributed by atoms with Gasteiger partial charge in [-0.05, 0) is 18.2 Å². The summed E-state index contributed by atoms with van der Waals surface area (Å²) in [6, 6.07) is 7.16. The Hall–Kier alpha value is -2.83. The largest absolute Gasteiger partial charge is 0.333 e. The lowest BCUT2D eigenvalue weighted by Gasteiger charge is -2.02. The van der Waals surface area contributed by atoms with Gasteiger partial charge in [-0.15, -0.1) is 0 Å². The minimum atomic E-state index is -0.502. The van der Waals surface area contributed by atoms with Crippen LogP contribution in [-0.2, 0) is 0 Å². The summed E-state index contributed by atoms with van der Waals surface area (Å²) in [4.78, 5) is 18.5. The maximum absolute atomic E-state index is 10.8. The van der Waals surface area contributed by atoms with Crippen molar-refractivity contribution in [2.45, 2.75) is 0 Å². The topological polar surface area (TPSA) is 86.2 Å². The molecule has 0 aromatic carbocycles. The zero-order valence-corrected chi connectivity index (χ0v) is 9.09. The second-order valence-corrected chi connectivity index (χ2v) is 3.57. The second kappa shape index (κ2) is 3.88. The van der Waals surface area contributed by atoms with Crippen molar-refractivity contribution in [3.8, 4) is 11.4 Å². The van der Waals surface area contributed by atoms with Crippen LogP contribution >= 0.6 is 0 Å². The van der Waals surface area contributed by atoms with Crippen LogP contribution in [0.3, 0.4) is 0 Å². The summed E-state index contributed by atoms with van der Waals surface area (Å²) in [5.74, 6) is 0. The van der Waals surface area contributed by atoms with Crippen molar-refractivity contribution in [1.29, 1.82) is 0 Å². The van der Waals surface area contributed by atoms with Crippen LogP contribution in [0.4, 0.5) is 5.69 Å². The van der Waals surface area contributed by atoms with Gasteiger partial charge < -0.3 is 0 Å². The van der Waals surface area contributed by atoms with Gasteiger partial charge in [0, 0.05) is 12.4 Å².